The van der Waals surface area contributed by atoms with Crippen LogP contribution >= 0.6 is 0 Å². The number of nitrogens with one attached hydrogen (secondary N) is 1. The molecule has 0 bridgehead atoms. The minimum absolute atomic E-state index is 0.355. The first kappa shape index (κ1) is 54.0. The molecule has 0 unspecified atom stereocenters. The van der Waals surface area contributed by atoms with Crippen LogP contribution in [0, 0.1) is 0 Å². The van der Waals surface area contributed by atoms with Gasteiger partial charge in [0.2, 0.25) is 0 Å². The summed E-state index contributed by atoms with van der Waals surface area (Å²) in [4.78, 5) is 15.4. The molecule has 22 heteroatoms. The van der Waals surface area contributed by atoms with E-state index in [1.54, 1.807) is 6.92 Å². The number of ether oxygens (including phenoxy) is 1. The van der Waals surface area contributed by atoms with Gasteiger partial charge < -0.3 is 46.8 Å². The number of hydrogen-bond donors (Lipinski definition) is 1. The molecule has 0 rings (SSSR count). The molecule has 0 aliphatic carbocycles. The van der Waals surface area contributed by atoms with E-state index in [9.17, 15) is 4.79 Å². The lowest BCUT2D eigenvalue weighted by molar-refractivity contribution is -0.138. The monoisotopic (exact) mass is 923 g/mol. The molecule has 0 saturated heterocycles. The van der Waals surface area contributed by atoms with Crippen LogP contribution in [0.3, 0.4) is 0 Å². The summed E-state index contributed by atoms with van der Waals surface area (Å²) >= 11 is 0. The molecule has 0 aromatic heterocycles. The van der Waals surface area contributed by atoms with E-state index in [0.717, 1.165) is 31.9 Å². The molecule has 1 N–H and O–H groups in total. The van der Waals surface area contributed by atoms with Gasteiger partial charge >= 0.3 is 74.5 Å². The molecule has 0 heterocycles. The van der Waals surface area contributed by atoms with Gasteiger partial charge in [0.15, 0.2) is 8.32 Å². The number of hydrogen-bond acceptors (Lipinski definition) is 12. The smallest absolute Gasteiger partial charge is 0.333 e. The second-order valence-electron chi connectivity index (χ2n) is 18.7. The average molecular weight is 925 g/mol. The Labute approximate surface area is 336 Å². The van der Waals surface area contributed by atoms with Crippen LogP contribution in [0.25, 0.3) is 0 Å². The van der Waals surface area contributed by atoms with E-state index in [2.05, 4.69) is 149 Å². The number of esters is 1. The van der Waals surface area contributed by atoms with Crippen molar-refractivity contribution in [3.8, 4) is 0 Å². The molecule has 0 aliphatic heterocycles. The van der Waals surface area contributed by atoms with Crippen LogP contribution in [0.15, 0.2) is 12.2 Å². The Hall–Kier alpha value is 0.979. The van der Waals surface area contributed by atoms with Crippen LogP contribution in [-0.4, -0.2) is 104 Å². The summed E-state index contributed by atoms with van der Waals surface area (Å²) < 4.78 is 66.1. The van der Waals surface area contributed by atoms with Crippen molar-refractivity contribution in [1.29, 1.82) is 0 Å². The molecule has 0 aromatic rings. The Morgan fingerprint density at radius 3 is 1.09 bits per heavy atom. The summed E-state index contributed by atoms with van der Waals surface area (Å²) in [5, 5.41) is 0. The molecule has 0 atom stereocenters. The molecule has 12 nitrogen and oxygen atoms in total. The summed E-state index contributed by atoms with van der Waals surface area (Å²) in [5.41, 5.74) is 0.408. The molecule has 53 heavy (non-hydrogen) atoms. The van der Waals surface area contributed by atoms with Crippen molar-refractivity contribution in [3.63, 3.8) is 0 Å². The van der Waals surface area contributed by atoms with E-state index in [0.29, 0.717) is 12.2 Å². The normalized spacial score (nSPS) is 14.8. The highest BCUT2D eigenvalue weighted by molar-refractivity contribution is 6.93. The van der Waals surface area contributed by atoms with Gasteiger partial charge in [0.25, 0.3) is 8.48 Å². The topological polar surface area (TPSA) is 121 Å². The lowest BCUT2D eigenvalue weighted by Gasteiger charge is -2.44. The van der Waals surface area contributed by atoms with Gasteiger partial charge in [0.05, 0.1) is 6.61 Å². The van der Waals surface area contributed by atoms with Crippen molar-refractivity contribution in [2.24, 2.45) is 0 Å². The van der Waals surface area contributed by atoms with Crippen LogP contribution in [0.1, 0.15) is 33.1 Å². The highest BCUT2D eigenvalue weighted by atomic mass is 28.5. The molecule has 316 valence electrons. The molecule has 0 aliphatic rings. The third-order valence-corrected chi connectivity index (χ3v) is 45.4. The van der Waals surface area contributed by atoms with Gasteiger partial charge in [-0.15, -0.1) is 0 Å². The maximum atomic E-state index is 11.7. The summed E-state index contributed by atoms with van der Waals surface area (Å²) in [6.45, 7) is 50.7. The van der Waals surface area contributed by atoms with Gasteiger partial charge in [-0.3, -0.25) is 0 Å². The van der Waals surface area contributed by atoms with E-state index in [1.165, 1.54) is 0 Å². The Morgan fingerprint density at radius 1 is 0.491 bits per heavy atom. The molecule has 0 amide bonds. The average Bonchev–Trinajstić information content (AvgIpc) is 2.79. The lowest BCUT2D eigenvalue weighted by Crippen LogP contribution is -2.63. The van der Waals surface area contributed by atoms with Gasteiger partial charge in [-0.1, -0.05) is 19.9 Å². The molecule has 0 aromatic carbocycles. The Kier molecular flexibility index (Phi) is 20.7. The zero-order chi connectivity index (χ0) is 42.2. The van der Waals surface area contributed by atoms with Gasteiger partial charge in [0, 0.05) is 5.57 Å². The fourth-order valence-corrected chi connectivity index (χ4v) is 57.2. The fourth-order valence-electron chi connectivity index (χ4n) is 7.03. The molecule has 0 radical (unpaired) electrons. The summed E-state index contributed by atoms with van der Waals surface area (Å²) in [6.07, 6.45) is 3.02. The van der Waals surface area contributed by atoms with Crippen LogP contribution in [0.5, 0.6) is 0 Å². The maximum Gasteiger partial charge on any atom is 0.333 e. The van der Waals surface area contributed by atoms with E-state index < -0.39 is 85.3 Å². The summed E-state index contributed by atoms with van der Waals surface area (Å²) in [5.74, 6) is -0.355. The molecule has 0 spiro atoms. The number of carbonyl (C=O) groups is 1. The first-order valence-corrected chi connectivity index (χ1v) is 47.7. The minimum Gasteiger partial charge on any atom is -0.462 e. The molecule has 0 saturated carbocycles. The van der Waals surface area contributed by atoms with E-state index >= 15 is 0 Å². The fraction of sp³-hybridized carbons (Fsp3) is 0.903. The quantitative estimate of drug-likeness (QED) is 0.0366. The predicted octanol–water partition coefficient (Wildman–Crippen LogP) is 9.56. The van der Waals surface area contributed by atoms with Crippen LogP contribution in [0.4, 0.5) is 0 Å². The zero-order valence-corrected chi connectivity index (χ0v) is 47.9. The first-order chi connectivity index (χ1) is 23.3. The largest absolute Gasteiger partial charge is 0.462 e. The summed E-state index contributed by atoms with van der Waals surface area (Å²) in [6, 6.07) is 0.851. The van der Waals surface area contributed by atoms with Crippen LogP contribution < -0.4 is 4.98 Å². The third-order valence-electron chi connectivity index (χ3n) is 7.05. The molecule has 0 fully saturated rings. The van der Waals surface area contributed by atoms with Crippen LogP contribution in [-0.2, 0) is 46.6 Å². The van der Waals surface area contributed by atoms with Gasteiger partial charge in [0.1, 0.15) is 0 Å². The highest BCUT2D eigenvalue weighted by Crippen LogP contribution is 2.31. The third kappa shape index (κ3) is 25.9. The predicted molar refractivity (Wildman–Crippen MR) is 243 cm³/mol. The number of rotatable bonds is 27. The maximum absolute atomic E-state index is 11.7. The second kappa shape index (κ2) is 20.3. The van der Waals surface area contributed by atoms with E-state index in [1.807, 2.05) is 0 Å². The molecular formula is C31H81NO11Si10. The van der Waals surface area contributed by atoms with E-state index in [4.69, 9.17) is 41.8 Å². The van der Waals surface area contributed by atoms with Gasteiger partial charge in [-0.25, -0.2) is 4.79 Å². The standard InChI is InChI=1S/C31H81NO11Si10/c1-24-25-27-32-45(6,7)36-47(10,11)38-49(14,15)40-51(18,19)42-53(22,23)43-52(20,21)41-50(16,17)39-48(12,13)37-46(8,9)35-44(4,5)29-26-28-34-31(33)30(2)3/h32H,2,24-29H2,1,3-23H3. The minimum atomic E-state index is -2.73. The zero-order valence-electron chi connectivity index (χ0n) is 37.9. The van der Waals surface area contributed by atoms with Crippen molar-refractivity contribution in [2.75, 3.05) is 13.2 Å². The Morgan fingerprint density at radius 2 is 0.792 bits per heavy atom. The van der Waals surface area contributed by atoms with E-state index in [-0.39, 0.29) is 5.97 Å². The number of unbranched alkanes of at least 4 members (excludes halogenated alkanes) is 1. The van der Waals surface area contributed by atoms with Crippen molar-refractivity contribution in [3.05, 3.63) is 12.2 Å². The Balaban J connectivity index is 5.41. The van der Waals surface area contributed by atoms with Gasteiger partial charge in [-0.2, -0.15) is 0 Å². The van der Waals surface area contributed by atoms with Gasteiger partial charge in [-0.05, 0) is 163 Å². The first-order valence-electron chi connectivity index (χ1n) is 19.1. The summed E-state index contributed by atoms with van der Waals surface area (Å²) in [7, 11) is -25.4. The second-order valence-corrected chi connectivity index (χ2v) is 55.8. The lowest BCUT2D eigenvalue weighted by atomic mass is 10.3. The highest BCUT2D eigenvalue weighted by Gasteiger charge is 2.50. The number of carbonyl (C=O) groups excluding carboxylic acids is 1. The molecular weight excluding hydrogens is 843 g/mol. The van der Waals surface area contributed by atoms with Crippen molar-refractivity contribution >= 4 is 91.3 Å². The van der Waals surface area contributed by atoms with Crippen molar-refractivity contribution in [1.82, 2.24) is 4.98 Å². The SMILES string of the molecule is C=C(C)C(=O)OCCC[Si](C)(C)O[Si](C)(C)O[Si](C)(C)O[Si](C)(C)O[Si](C)(C)O[Si](C)(C)O[Si](C)(C)O[Si](C)(C)O[Si](C)(C)O[Si](C)(C)NCCCC. The van der Waals surface area contributed by atoms with Crippen molar-refractivity contribution < 1.29 is 46.6 Å². The van der Waals surface area contributed by atoms with Crippen LogP contribution in [0.2, 0.25) is 137 Å². The van der Waals surface area contributed by atoms with Crippen molar-refractivity contribution in [2.45, 2.75) is 170 Å². The Bertz CT molecular complexity index is 1180.